The Morgan fingerprint density at radius 2 is 1.86 bits per heavy atom. The summed E-state index contributed by atoms with van der Waals surface area (Å²) < 4.78 is 0. The van der Waals surface area contributed by atoms with E-state index in [1.54, 1.807) is 11.3 Å². The van der Waals surface area contributed by atoms with Crippen LogP contribution >= 0.6 is 11.3 Å². The summed E-state index contributed by atoms with van der Waals surface area (Å²) in [7, 11) is 0. The van der Waals surface area contributed by atoms with Crippen LogP contribution in [-0.2, 0) is 6.42 Å². The van der Waals surface area contributed by atoms with Crippen molar-refractivity contribution >= 4 is 17.6 Å². The normalized spacial score (nSPS) is 10.5. The molecule has 0 amide bonds. The lowest BCUT2D eigenvalue weighted by molar-refractivity contribution is 0.112. The van der Waals surface area contributed by atoms with Crippen molar-refractivity contribution in [2.75, 3.05) is 0 Å². The minimum absolute atomic E-state index is 0.723. The van der Waals surface area contributed by atoms with E-state index in [1.165, 1.54) is 20.9 Å². The molecule has 21 heavy (non-hydrogen) atoms. The molecule has 2 heteroatoms. The lowest BCUT2D eigenvalue weighted by Gasteiger charge is -2.03. The molecule has 1 heterocycles. The summed E-state index contributed by atoms with van der Waals surface area (Å²) in [6, 6.07) is 20.6. The Balaban J connectivity index is 1.86. The highest BCUT2D eigenvalue weighted by Gasteiger charge is 2.06. The topological polar surface area (TPSA) is 17.1 Å². The van der Waals surface area contributed by atoms with E-state index in [4.69, 9.17) is 0 Å². The third kappa shape index (κ3) is 3.11. The molecule has 0 saturated carbocycles. The first-order valence-electron chi connectivity index (χ1n) is 6.95. The molecular weight excluding hydrogens is 276 g/mol. The highest BCUT2D eigenvalue weighted by molar-refractivity contribution is 7.15. The Morgan fingerprint density at radius 3 is 2.67 bits per heavy atom. The van der Waals surface area contributed by atoms with Crippen molar-refractivity contribution in [3.8, 4) is 10.4 Å². The molecule has 104 valence electrons. The predicted molar refractivity (Wildman–Crippen MR) is 89.1 cm³/mol. The third-order valence-electron chi connectivity index (χ3n) is 3.59. The second kappa shape index (κ2) is 6.06. The molecule has 0 fully saturated rings. The SMILES string of the molecule is Cc1ccccc1Cc1ccc(-c2cccc(C=O)c2)s1. The van der Waals surface area contributed by atoms with Crippen LogP contribution in [0.1, 0.15) is 26.4 Å². The van der Waals surface area contributed by atoms with Crippen LogP contribution in [0.4, 0.5) is 0 Å². The van der Waals surface area contributed by atoms with Gasteiger partial charge in [-0.05, 0) is 41.8 Å². The van der Waals surface area contributed by atoms with Gasteiger partial charge < -0.3 is 0 Å². The molecular formula is C19H16OS. The van der Waals surface area contributed by atoms with E-state index >= 15 is 0 Å². The molecule has 0 atom stereocenters. The summed E-state index contributed by atoms with van der Waals surface area (Å²) in [4.78, 5) is 13.4. The highest BCUT2D eigenvalue weighted by atomic mass is 32.1. The van der Waals surface area contributed by atoms with Gasteiger partial charge in [0.05, 0.1) is 0 Å². The van der Waals surface area contributed by atoms with Crippen LogP contribution < -0.4 is 0 Å². The van der Waals surface area contributed by atoms with Crippen LogP contribution in [0.5, 0.6) is 0 Å². The van der Waals surface area contributed by atoms with E-state index in [2.05, 4.69) is 49.4 Å². The first-order valence-corrected chi connectivity index (χ1v) is 7.77. The van der Waals surface area contributed by atoms with Gasteiger partial charge in [-0.15, -0.1) is 11.3 Å². The monoisotopic (exact) mass is 292 g/mol. The molecule has 0 unspecified atom stereocenters. The first kappa shape index (κ1) is 13.8. The van der Waals surface area contributed by atoms with Crippen molar-refractivity contribution in [3.05, 3.63) is 82.2 Å². The fraction of sp³-hybridized carbons (Fsp3) is 0.105. The Morgan fingerprint density at radius 1 is 1.00 bits per heavy atom. The maximum atomic E-state index is 10.9. The van der Waals surface area contributed by atoms with Crippen molar-refractivity contribution in [2.45, 2.75) is 13.3 Å². The number of carbonyl (C=O) groups excluding carboxylic acids is 1. The number of rotatable bonds is 4. The van der Waals surface area contributed by atoms with Crippen LogP contribution in [0.15, 0.2) is 60.7 Å². The van der Waals surface area contributed by atoms with E-state index in [0.717, 1.165) is 23.8 Å². The fourth-order valence-electron chi connectivity index (χ4n) is 2.39. The van der Waals surface area contributed by atoms with E-state index < -0.39 is 0 Å². The number of aryl methyl sites for hydroxylation is 1. The van der Waals surface area contributed by atoms with Crippen molar-refractivity contribution in [1.82, 2.24) is 0 Å². The zero-order valence-electron chi connectivity index (χ0n) is 11.9. The van der Waals surface area contributed by atoms with Gasteiger partial charge in [-0.1, -0.05) is 42.5 Å². The highest BCUT2D eigenvalue weighted by Crippen LogP contribution is 2.30. The molecule has 3 rings (SSSR count). The summed E-state index contributed by atoms with van der Waals surface area (Å²) in [5.74, 6) is 0. The zero-order chi connectivity index (χ0) is 14.7. The van der Waals surface area contributed by atoms with Crippen LogP contribution in [0.3, 0.4) is 0 Å². The number of benzene rings is 2. The minimum atomic E-state index is 0.723. The van der Waals surface area contributed by atoms with Gasteiger partial charge in [-0.3, -0.25) is 4.79 Å². The lowest BCUT2D eigenvalue weighted by Crippen LogP contribution is -1.87. The number of carbonyl (C=O) groups is 1. The lowest BCUT2D eigenvalue weighted by atomic mass is 10.1. The molecule has 0 bridgehead atoms. The van der Waals surface area contributed by atoms with Crippen LogP contribution in [0, 0.1) is 6.92 Å². The van der Waals surface area contributed by atoms with Gasteiger partial charge in [0.25, 0.3) is 0 Å². The quantitative estimate of drug-likeness (QED) is 0.609. The molecule has 0 saturated heterocycles. The Hall–Kier alpha value is -2.19. The second-order valence-corrected chi connectivity index (χ2v) is 6.28. The number of aldehydes is 1. The minimum Gasteiger partial charge on any atom is -0.298 e. The molecule has 0 aliphatic heterocycles. The summed E-state index contributed by atoms with van der Waals surface area (Å²) in [5.41, 5.74) is 4.53. The molecule has 0 spiro atoms. The first-order chi connectivity index (χ1) is 10.3. The van der Waals surface area contributed by atoms with Gasteiger partial charge >= 0.3 is 0 Å². The maximum absolute atomic E-state index is 10.9. The zero-order valence-corrected chi connectivity index (χ0v) is 12.7. The molecule has 0 radical (unpaired) electrons. The number of hydrogen-bond acceptors (Lipinski definition) is 2. The van der Waals surface area contributed by atoms with Crippen molar-refractivity contribution in [3.63, 3.8) is 0 Å². The Kier molecular flexibility index (Phi) is 3.98. The van der Waals surface area contributed by atoms with Gasteiger partial charge in [0.2, 0.25) is 0 Å². The fourth-order valence-corrected chi connectivity index (χ4v) is 3.42. The van der Waals surface area contributed by atoms with Crippen molar-refractivity contribution < 1.29 is 4.79 Å². The number of hydrogen-bond donors (Lipinski definition) is 0. The molecule has 0 aliphatic carbocycles. The summed E-state index contributed by atoms with van der Waals surface area (Å²) in [6.07, 6.45) is 1.86. The smallest absolute Gasteiger partial charge is 0.150 e. The second-order valence-electron chi connectivity index (χ2n) is 5.11. The Labute approximate surface area is 128 Å². The molecule has 0 aliphatic rings. The average Bonchev–Trinajstić information content (AvgIpc) is 2.98. The summed E-state index contributed by atoms with van der Waals surface area (Å²) >= 11 is 1.79. The molecule has 1 aromatic heterocycles. The van der Waals surface area contributed by atoms with Crippen molar-refractivity contribution in [2.24, 2.45) is 0 Å². The van der Waals surface area contributed by atoms with E-state index in [0.29, 0.717) is 0 Å². The van der Waals surface area contributed by atoms with E-state index in [1.807, 2.05) is 18.2 Å². The standard InChI is InChI=1S/C19H16OS/c1-14-5-2-3-7-16(14)12-18-9-10-19(21-18)17-8-4-6-15(11-17)13-20/h2-11,13H,12H2,1H3. The predicted octanol–water partition coefficient (Wildman–Crippen LogP) is 5.13. The van der Waals surface area contributed by atoms with Crippen LogP contribution in [0.25, 0.3) is 10.4 Å². The van der Waals surface area contributed by atoms with Crippen molar-refractivity contribution in [1.29, 1.82) is 0 Å². The maximum Gasteiger partial charge on any atom is 0.150 e. The number of thiophene rings is 1. The summed E-state index contributed by atoms with van der Waals surface area (Å²) in [6.45, 7) is 2.15. The molecule has 0 N–H and O–H groups in total. The summed E-state index contributed by atoms with van der Waals surface area (Å²) in [5, 5.41) is 0. The van der Waals surface area contributed by atoms with Crippen LogP contribution in [0.2, 0.25) is 0 Å². The Bertz CT molecular complexity index is 770. The van der Waals surface area contributed by atoms with Gasteiger partial charge in [0.15, 0.2) is 0 Å². The van der Waals surface area contributed by atoms with E-state index in [-0.39, 0.29) is 0 Å². The van der Waals surface area contributed by atoms with E-state index in [9.17, 15) is 4.79 Å². The van der Waals surface area contributed by atoms with Gasteiger partial charge in [0.1, 0.15) is 6.29 Å². The van der Waals surface area contributed by atoms with Gasteiger partial charge in [0, 0.05) is 21.7 Å². The van der Waals surface area contributed by atoms with Gasteiger partial charge in [-0.2, -0.15) is 0 Å². The molecule has 3 aromatic rings. The molecule has 2 aromatic carbocycles. The molecule has 1 nitrogen and oxygen atoms in total. The van der Waals surface area contributed by atoms with Crippen LogP contribution in [-0.4, -0.2) is 6.29 Å². The largest absolute Gasteiger partial charge is 0.298 e. The average molecular weight is 292 g/mol. The van der Waals surface area contributed by atoms with Gasteiger partial charge in [-0.25, -0.2) is 0 Å². The third-order valence-corrected chi connectivity index (χ3v) is 4.73.